The second-order valence-electron chi connectivity index (χ2n) is 1.13. The second kappa shape index (κ2) is 1.77. The van der Waals surface area contributed by atoms with Crippen LogP contribution in [0.25, 0.3) is 0 Å². The molecule has 0 aliphatic carbocycles. The van der Waals surface area contributed by atoms with E-state index in [4.69, 9.17) is 10.8 Å². The zero-order valence-electron chi connectivity index (χ0n) is 3.51. The SMILES string of the molecule is [13CH3][13C@H](N)C(=O)O. The van der Waals surface area contributed by atoms with Crippen LogP contribution < -0.4 is 5.73 Å². The van der Waals surface area contributed by atoms with E-state index < -0.39 is 12.0 Å². The standard InChI is InChI=1S/C3H7NO2/c1-2(4)3(5)6/h2H,4H2,1H3,(H,5,6)/t2-/m0/s1/i1+1,2+1. The van der Waals surface area contributed by atoms with Crippen LogP contribution in [0.15, 0.2) is 0 Å². The molecule has 0 saturated carbocycles. The summed E-state index contributed by atoms with van der Waals surface area (Å²) in [6.45, 7) is 1.42. The summed E-state index contributed by atoms with van der Waals surface area (Å²) in [6, 6.07) is -0.731. The van der Waals surface area contributed by atoms with E-state index in [2.05, 4.69) is 0 Å². The van der Waals surface area contributed by atoms with Crippen molar-refractivity contribution in [3.63, 3.8) is 0 Å². The second-order valence-corrected chi connectivity index (χ2v) is 1.13. The summed E-state index contributed by atoms with van der Waals surface area (Å²) in [5.74, 6) is -0.963. The van der Waals surface area contributed by atoms with Crippen molar-refractivity contribution in [3.8, 4) is 0 Å². The average molecular weight is 91.1 g/mol. The largest absolute Gasteiger partial charge is 0.480 e. The summed E-state index contributed by atoms with van der Waals surface area (Å²) in [7, 11) is 0. The van der Waals surface area contributed by atoms with Gasteiger partial charge in [-0.3, -0.25) is 4.79 Å². The average Bonchev–Trinajstić information content (AvgIpc) is 1.36. The first-order chi connectivity index (χ1) is 2.64. The Labute approximate surface area is 35.8 Å². The number of nitrogens with two attached hydrogens (primary N) is 1. The van der Waals surface area contributed by atoms with Crippen molar-refractivity contribution in [2.24, 2.45) is 5.73 Å². The first-order valence-corrected chi connectivity index (χ1v) is 1.63. The summed E-state index contributed by atoms with van der Waals surface area (Å²) in [4.78, 5) is 9.57. The van der Waals surface area contributed by atoms with Crippen molar-refractivity contribution in [1.29, 1.82) is 0 Å². The molecule has 36 valence electrons. The van der Waals surface area contributed by atoms with Gasteiger partial charge >= 0.3 is 5.97 Å². The summed E-state index contributed by atoms with van der Waals surface area (Å²) >= 11 is 0. The molecule has 0 amide bonds. The molecule has 0 aromatic heterocycles. The summed E-state index contributed by atoms with van der Waals surface area (Å²) in [6.07, 6.45) is 0. The third kappa shape index (κ3) is 1.72. The maximum atomic E-state index is 9.57. The van der Waals surface area contributed by atoms with E-state index in [1.54, 1.807) is 0 Å². The molecule has 3 heteroatoms. The first-order valence-electron chi connectivity index (χ1n) is 1.63. The summed E-state index contributed by atoms with van der Waals surface area (Å²) in [5.41, 5.74) is 4.84. The van der Waals surface area contributed by atoms with Crippen LogP contribution in [0.1, 0.15) is 6.92 Å². The van der Waals surface area contributed by atoms with Crippen molar-refractivity contribution < 1.29 is 9.90 Å². The fourth-order valence-corrected chi connectivity index (χ4v) is 0. The van der Waals surface area contributed by atoms with Gasteiger partial charge in [0, 0.05) is 0 Å². The lowest BCUT2D eigenvalue weighted by atomic mass is 10.9. The maximum Gasteiger partial charge on any atom is 0.320 e. The number of hydrogen-bond donors (Lipinski definition) is 2. The van der Waals surface area contributed by atoms with E-state index in [-0.39, 0.29) is 0 Å². The fourth-order valence-electron chi connectivity index (χ4n) is 0. The minimum atomic E-state index is -0.963. The number of rotatable bonds is 1. The van der Waals surface area contributed by atoms with Crippen LogP contribution in [-0.4, -0.2) is 17.1 Å². The molecule has 6 heavy (non-hydrogen) atoms. The van der Waals surface area contributed by atoms with Gasteiger partial charge in [0.05, 0.1) is 0 Å². The monoisotopic (exact) mass is 91.1 g/mol. The Kier molecular flexibility index (Phi) is 1.60. The predicted octanol–water partition coefficient (Wildman–Crippen LogP) is -0.582. The highest BCUT2D eigenvalue weighted by Gasteiger charge is 1.99. The lowest BCUT2D eigenvalue weighted by Crippen LogP contribution is -2.25. The van der Waals surface area contributed by atoms with Crippen LogP contribution >= 0.6 is 0 Å². The van der Waals surface area contributed by atoms with Gasteiger partial charge in [-0.15, -0.1) is 0 Å². The number of carbonyl (C=O) groups is 1. The van der Waals surface area contributed by atoms with Crippen molar-refractivity contribution in [2.75, 3.05) is 0 Å². The fraction of sp³-hybridized carbons (Fsp3) is 0.667. The highest BCUT2D eigenvalue weighted by molar-refractivity contribution is 5.72. The minimum Gasteiger partial charge on any atom is -0.480 e. The van der Waals surface area contributed by atoms with E-state index >= 15 is 0 Å². The lowest BCUT2D eigenvalue weighted by molar-refractivity contribution is -0.138. The van der Waals surface area contributed by atoms with Crippen LogP contribution in [0, 0.1) is 0 Å². The third-order valence-corrected chi connectivity index (χ3v) is 0.390. The molecule has 0 heterocycles. The molecule has 0 fully saturated rings. The number of carboxylic acids is 1. The van der Waals surface area contributed by atoms with Gasteiger partial charge in [-0.1, -0.05) is 0 Å². The van der Waals surface area contributed by atoms with E-state index in [1.807, 2.05) is 0 Å². The highest BCUT2D eigenvalue weighted by atomic mass is 16.4. The molecule has 0 aromatic rings. The molecule has 0 aliphatic heterocycles. The Morgan fingerprint density at radius 3 is 2.17 bits per heavy atom. The molecule has 3 N–H and O–H groups in total. The van der Waals surface area contributed by atoms with E-state index in [0.29, 0.717) is 0 Å². The number of aliphatic carboxylic acids is 1. The summed E-state index contributed by atoms with van der Waals surface area (Å²) in [5, 5.41) is 7.87. The Morgan fingerprint density at radius 1 is 2.00 bits per heavy atom. The van der Waals surface area contributed by atoms with E-state index in [1.165, 1.54) is 6.92 Å². The Balaban J connectivity index is 3.26. The van der Waals surface area contributed by atoms with Crippen LogP contribution in [0.3, 0.4) is 0 Å². The van der Waals surface area contributed by atoms with E-state index in [0.717, 1.165) is 0 Å². The molecule has 0 bridgehead atoms. The molecule has 3 nitrogen and oxygen atoms in total. The van der Waals surface area contributed by atoms with Crippen LogP contribution in [0.2, 0.25) is 0 Å². The normalized spacial score (nSPS) is 13.7. The first kappa shape index (κ1) is 5.43. The summed E-state index contributed by atoms with van der Waals surface area (Å²) < 4.78 is 0. The van der Waals surface area contributed by atoms with Crippen molar-refractivity contribution in [1.82, 2.24) is 0 Å². The van der Waals surface area contributed by atoms with Gasteiger partial charge in [0.2, 0.25) is 0 Å². The van der Waals surface area contributed by atoms with Crippen LogP contribution in [0.5, 0.6) is 0 Å². The number of carboxylic acid groups (broad SMARTS) is 1. The smallest absolute Gasteiger partial charge is 0.320 e. The molecule has 0 unspecified atom stereocenters. The quantitative estimate of drug-likeness (QED) is 0.424. The van der Waals surface area contributed by atoms with Gasteiger partial charge in [0.25, 0.3) is 0 Å². The van der Waals surface area contributed by atoms with Gasteiger partial charge in [0.15, 0.2) is 0 Å². The predicted molar refractivity (Wildman–Crippen MR) is 21.3 cm³/mol. The Hall–Kier alpha value is -0.570. The van der Waals surface area contributed by atoms with Gasteiger partial charge in [-0.05, 0) is 6.92 Å². The third-order valence-electron chi connectivity index (χ3n) is 0.390. The maximum absolute atomic E-state index is 9.57. The molecular formula is C3H7NO2. The van der Waals surface area contributed by atoms with Gasteiger partial charge in [-0.2, -0.15) is 0 Å². The highest BCUT2D eigenvalue weighted by Crippen LogP contribution is 1.68. The molecule has 1 atom stereocenters. The molecule has 0 aromatic carbocycles. The molecule has 0 radical (unpaired) electrons. The van der Waals surface area contributed by atoms with Crippen LogP contribution in [-0.2, 0) is 4.79 Å². The molecule has 0 spiro atoms. The van der Waals surface area contributed by atoms with Gasteiger partial charge in [-0.25, -0.2) is 0 Å². The zero-order valence-corrected chi connectivity index (χ0v) is 3.51. The Bertz CT molecular complexity index is 59.8. The molecule has 0 rings (SSSR count). The van der Waals surface area contributed by atoms with E-state index in [9.17, 15) is 4.79 Å². The zero-order chi connectivity index (χ0) is 5.15. The molecule has 0 saturated heterocycles. The van der Waals surface area contributed by atoms with Crippen LogP contribution in [0.4, 0.5) is 0 Å². The minimum absolute atomic E-state index is 0.731. The van der Waals surface area contributed by atoms with Gasteiger partial charge < -0.3 is 10.8 Å². The Morgan fingerprint density at radius 2 is 2.17 bits per heavy atom. The number of hydrogen-bond acceptors (Lipinski definition) is 2. The topological polar surface area (TPSA) is 63.3 Å². The van der Waals surface area contributed by atoms with Gasteiger partial charge in [0.1, 0.15) is 6.04 Å². The lowest BCUT2D eigenvalue weighted by Gasteiger charge is -1.90. The van der Waals surface area contributed by atoms with Crippen molar-refractivity contribution in [2.45, 2.75) is 13.0 Å². The van der Waals surface area contributed by atoms with Crippen molar-refractivity contribution in [3.05, 3.63) is 0 Å². The molecular weight excluding hydrogens is 84.0 g/mol. The van der Waals surface area contributed by atoms with Crippen molar-refractivity contribution >= 4 is 5.97 Å². The molecule has 0 aliphatic rings.